The van der Waals surface area contributed by atoms with Gasteiger partial charge in [0.2, 0.25) is 0 Å². The Labute approximate surface area is 485 Å². The first-order valence-electron chi connectivity index (χ1n) is 31.6. The maximum Gasteiger partial charge on any atom is 0.306 e. The van der Waals surface area contributed by atoms with Crippen LogP contribution in [-0.4, -0.2) is 37.2 Å². The van der Waals surface area contributed by atoms with Gasteiger partial charge in [-0.05, 0) is 148 Å². The van der Waals surface area contributed by atoms with E-state index in [-0.39, 0.29) is 31.1 Å². The largest absolute Gasteiger partial charge is 0.462 e. The summed E-state index contributed by atoms with van der Waals surface area (Å²) < 4.78 is 16.9. The van der Waals surface area contributed by atoms with Gasteiger partial charge in [-0.2, -0.15) is 0 Å². The zero-order valence-electron chi connectivity index (χ0n) is 50.6. The van der Waals surface area contributed by atoms with Crippen molar-refractivity contribution in [3.63, 3.8) is 0 Å². The first-order valence-corrected chi connectivity index (χ1v) is 31.6. The summed E-state index contributed by atoms with van der Waals surface area (Å²) in [5.74, 6) is -0.965. The van der Waals surface area contributed by atoms with E-state index in [0.29, 0.717) is 19.3 Å². The third-order valence-electron chi connectivity index (χ3n) is 12.7. The van der Waals surface area contributed by atoms with E-state index in [1.54, 1.807) is 0 Å². The van der Waals surface area contributed by atoms with Crippen molar-refractivity contribution >= 4 is 17.9 Å². The number of ether oxygens (including phenoxy) is 3. The normalized spacial score (nSPS) is 13.3. The molecule has 0 N–H and O–H groups in total. The molecule has 0 rings (SSSR count). The number of carbonyl (C=O) groups is 3. The van der Waals surface area contributed by atoms with Gasteiger partial charge in [0.05, 0.1) is 0 Å². The van der Waals surface area contributed by atoms with Crippen molar-refractivity contribution in [3.8, 4) is 0 Å². The molecule has 0 aromatic rings. The summed E-state index contributed by atoms with van der Waals surface area (Å²) in [5, 5.41) is 0. The minimum absolute atomic E-state index is 0.108. The lowest BCUT2D eigenvalue weighted by atomic mass is 10.1. The number of esters is 3. The Kier molecular flexibility index (Phi) is 61.0. The van der Waals surface area contributed by atoms with Gasteiger partial charge in [-0.15, -0.1) is 0 Å². The number of allylic oxidation sites excluding steroid dienone is 28. The zero-order valence-corrected chi connectivity index (χ0v) is 50.6. The number of hydrogen-bond donors (Lipinski definition) is 0. The van der Waals surface area contributed by atoms with Crippen LogP contribution in [0.1, 0.15) is 252 Å². The van der Waals surface area contributed by atoms with Crippen LogP contribution in [0.5, 0.6) is 0 Å². The van der Waals surface area contributed by atoms with Crippen LogP contribution in [0, 0.1) is 0 Å². The average Bonchev–Trinajstić information content (AvgIpc) is 3.45. The molecule has 0 amide bonds. The van der Waals surface area contributed by atoms with Gasteiger partial charge in [0.1, 0.15) is 13.2 Å². The lowest BCUT2D eigenvalue weighted by Crippen LogP contribution is -2.30. The highest BCUT2D eigenvalue weighted by molar-refractivity contribution is 5.71. The lowest BCUT2D eigenvalue weighted by molar-refractivity contribution is -0.167. The van der Waals surface area contributed by atoms with Crippen LogP contribution in [0.3, 0.4) is 0 Å². The monoisotopic (exact) mass is 1090 g/mol. The topological polar surface area (TPSA) is 78.9 Å². The van der Waals surface area contributed by atoms with Crippen LogP contribution in [0.2, 0.25) is 0 Å². The zero-order chi connectivity index (χ0) is 57.1. The van der Waals surface area contributed by atoms with Crippen molar-refractivity contribution in [1.82, 2.24) is 0 Å². The molecule has 442 valence electrons. The second-order valence-corrected chi connectivity index (χ2v) is 20.2. The molecule has 0 aliphatic carbocycles. The van der Waals surface area contributed by atoms with Gasteiger partial charge in [-0.25, -0.2) is 0 Å². The summed E-state index contributed by atoms with van der Waals surface area (Å²) in [6, 6.07) is 0. The predicted molar refractivity (Wildman–Crippen MR) is 343 cm³/mol. The van der Waals surface area contributed by atoms with E-state index in [0.717, 1.165) is 186 Å². The Hall–Kier alpha value is -5.23. The van der Waals surface area contributed by atoms with Crippen LogP contribution in [0.4, 0.5) is 0 Å². The first-order chi connectivity index (χ1) is 39.0. The Morgan fingerprint density at radius 1 is 0.253 bits per heavy atom. The molecular formula is C73H114O6. The molecule has 0 spiro atoms. The molecule has 0 aromatic heterocycles. The fourth-order valence-corrected chi connectivity index (χ4v) is 8.07. The second-order valence-electron chi connectivity index (χ2n) is 20.2. The van der Waals surface area contributed by atoms with E-state index in [9.17, 15) is 14.4 Å². The molecule has 0 aliphatic heterocycles. The van der Waals surface area contributed by atoms with Crippen molar-refractivity contribution in [2.75, 3.05) is 13.2 Å². The average molecular weight is 1090 g/mol. The number of unbranched alkanes of at least 4 members (excludes halogenated alkanes) is 16. The Morgan fingerprint density at radius 2 is 0.456 bits per heavy atom. The number of carbonyl (C=O) groups excluding carboxylic acids is 3. The van der Waals surface area contributed by atoms with Crippen molar-refractivity contribution in [1.29, 1.82) is 0 Å². The van der Waals surface area contributed by atoms with E-state index in [4.69, 9.17) is 14.2 Å². The maximum absolute atomic E-state index is 12.9. The van der Waals surface area contributed by atoms with Gasteiger partial charge in [-0.3, -0.25) is 14.4 Å². The van der Waals surface area contributed by atoms with Crippen molar-refractivity contribution in [3.05, 3.63) is 170 Å². The third-order valence-corrected chi connectivity index (χ3v) is 12.7. The first kappa shape index (κ1) is 73.8. The van der Waals surface area contributed by atoms with Gasteiger partial charge < -0.3 is 14.2 Å². The van der Waals surface area contributed by atoms with Crippen LogP contribution in [0.15, 0.2) is 170 Å². The van der Waals surface area contributed by atoms with Crippen LogP contribution < -0.4 is 0 Å². The Morgan fingerprint density at radius 3 is 0.709 bits per heavy atom. The highest BCUT2D eigenvalue weighted by Crippen LogP contribution is 2.14. The molecule has 6 heteroatoms. The van der Waals surface area contributed by atoms with Crippen molar-refractivity contribution < 1.29 is 28.6 Å². The van der Waals surface area contributed by atoms with Gasteiger partial charge in [0.25, 0.3) is 0 Å². The molecule has 0 fully saturated rings. The van der Waals surface area contributed by atoms with Crippen LogP contribution in [0.25, 0.3) is 0 Å². The summed E-state index contributed by atoms with van der Waals surface area (Å²) >= 11 is 0. The van der Waals surface area contributed by atoms with E-state index < -0.39 is 6.10 Å². The molecule has 0 aliphatic rings. The fraction of sp³-hybridized carbons (Fsp3) is 0.575. The minimum atomic E-state index is -0.814. The number of rotatable bonds is 55. The van der Waals surface area contributed by atoms with E-state index in [1.165, 1.54) is 25.7 Å². The summed E-state index contributed by atoms with van der Waals surface area (Å²) in [7, 11) is 0. The molecule has 0 radical (unpaired) electrons. The molecule has 0 heterocycles. The molecule has 6 nitrogen and oxygen atoms in total. The van der Waals surface area contributed by atoms with Gasteiger partial charge in [-0.1, -0.05) is 255 Å². The molecule has 0 saturated carbocycles. The molecule has 79 heavy (non-hydrogen) atoms. The molecular weight excluding hydrogens is 973 g/mol. The van der Waals surface area contributed by atoms with Gasteiger partial charge >= 0.3 is 17.9 Å². The SMILES string of the molecule is CC/C=C\C/C=C\C/C=C\C/C=C\C/C=C\C/C=C\CCCCCCC(=O)OCC(COC(=O)CCCCCCCC/C=C\C/C=C\C/C=C\C/C=C\CC)OC(=O)CCCCCCCC/C=C\C/C=C\C/C=C\C/C=C\CC. The summed E-state index contributed by atoms with van der Waals surface area (Å²) in [6.45, 7) is 6.25. The van der Waals surface area contributed by atoms with E-state index in [2.05, 4.69) is 191 Å². The summed E-state index contributed by atoms with van der Waals surface area (Å²) in [4.78, 5) is 38.4. The standard InChI is InChI=1S/C73H114O6/c1-4-7-10-13-16-19-22-25-28-31-34-35-36-37-40-42-45-48-51-54-57-60-63-66-72(75)78-69-70(79-73(76)67-64-61-58-55-52-49-46-43-39-33-30-27-24-21-18-15-12-9-6-3)68-77-71(74)65-62-59-56-53-50-47-44-41-38-32-29-26-23-20-17-14-11-8-5-2/h7-12,16-21,25-30,34-35,37-41,43,45,48,70H,4-6,13-15,22-24,31-33,36,42,44,46-47,49-69H2,1-3H3/b10-7-,11-8-,12-9-,19-16-,20-17-,21-18-,28-25-,29-26-,30-27-,35-34-,40-37-,41-38-,43-39-,48-45-. The predicted octanol–water partition coefficient (Wildman–Crippen LogP) is 21.9. The Bertz CT molecular complexity index is 1820. The van der Waals surface area contributed by atoms with Crippen molar-refractivity contribution in [2.45, 2.75) is 258 Å². The molecule has 0 bridgehead atoms. The number of hydrogen-bond acceptors (Lipinski definition) is 6. The van der Waals surface area contributed by atoms with E-state index >= 15 is 0 Å². The van der Waals surface area contributed by atoms with Crippen molar-refractivity contribution in [2.24, 2.45) is 0 Å². The minimum Gasteiger partial charge on any atom is -0.462 e. The Balaban J connectivity index is 4.53. The quantitative estimate of drug-likeness (QED) is 0.0261. The highest BCUT2D eigenvalue weighted by Gasteiger charge is 2.19. The van der Waals surface area contributed by atoms with Crippen LogP contribution in [-0.2, 0) is 28.6 Å². The second kappa shape index (κ2) is 65.3. The molecule has 1 unspecified atom stereocenters. The summed E-state index contributed by atoms with van der Waals surface area (Å²) in [6.07, 6.45) is 96.3. The van der Waals surface area contributed by atoms with E-state index in [1.807, 2.05) is 0 Å². The highest BCUT2D eigenvalue weighted by atomic mass is 16.6. The third kappa shape index (κ3) is 63.5. The van der Waals surface area contributed by atoms with Gasteiger partial charge in [0, 0.05) is 19.3 Å². The van der Waals surface area contributed by atoms with Crippen LogP contribution >= 0.6 is 0 Å². The molecule has 0 aromatic carbocycles. The molecule has 0 saturated heterocycles. The van der Waals surface area contributed by atoms with Gasteiger partial charge in [0.15, 0.2) is 6.10 Å². The summed E-state index contributed by atoms with van der Waals surface area (Å²) in [5.41, 5.74) is 0. The smallest absolute Gasteiger partial charge is 0.306 e. The molecule has 1 atom stereocenters. The maximum atomic E-state index is 12.9. The fourth-order valence-electron chi connectivity index (χ4n) is 8.07. The lowest BCUT2D eigenvalue weighted by Gasteiger charge is -2.18.